The number of Topliss-reactive ketones (excluding diaryl/α,β-unsaturated/α-hetero) is 1. The lowest BCUT2D eigenvalue weighted by molar-refractivity contribution is -0.140. The van der Waals surface area contributed by atoms with Gasteiger partial charge < -0.3 is 24.3 Å². The van der Waals surface area contributed by atoms with Gasteiger partial charge in [0.2, 0.25) is 0 Å². The molecular formula is C27H30N4O5. The van der Waals surface area contributed by atoms with Crippen molar-refractivity contribution in [3.8, 4) is 5.75 Å². The Hall–Kier alpha value is -3.69. The van der Waals surface area contributed by atoms with Crippen molar-refractivity contribution in [2.75, 3.05) is 39.4 Å². The van der Waals surface area contributed by atoms with Gasteiger partial charge in [0.15, 0.2) is 5.76 Å². The minimum absolute atomic E-state index is 0.0128. The molecule has 2 saturated heterocycles. The number of ether oxygens (including phenoxy) is 1. The highest BCUT2D eigenvalue weighted by atomic mass is 16.5. The van der Waals surface area contributed by atoms with Crippen LogP contribution in [0.3, 0.4) is 0 Å². The first-order valence-electron chi connectivity index (χ1n) is 12.2. The Morgan fingerprint density at radius 3 is 2.61 bits per heavy atom. The van der Waals surface area contributed by atoms with Crippen molar-refractivity contribution in [2.24, 2.45) is 0 Å². The summed E-state index contributed by atoms with van der Waals surface area (Å²) in [6.45, 7) is 7.88. The standard InChI is InChI=1S/C27H30N4O5/c1-17-6-4-10-30-18(2)22(28-26(17)30)24(33)21-23(19-7-3-8-20(32)16-19)31(27(35)25(21)34)11-5-9-29-12-14-36-15-13-29/h3-4,6-8,10,16,23,32-33H,5,9,11-15H2,1-2H3. The van der Waals surface area contributed by atoms with Gasteiger partial charge in [0.05, 0.1) is 30.5 Å². The molecule has 5 rings (SSSR count). The number of aryl methyl sites for hydroxylation is 2. The number of benzene rings is 1. The average molecular weight is 491 g/mol. The number of hydrogen-bond donors (Lipinski definition) is 2. The lowest BCUT2D eigenvalue weighted by Crippen LogP contribution is -2.38. The van der Waals surface area contributed by atoms with Gasteiger partial charge in [-0.15, -0.1) is 0 Å². The van der Waals surface area contributed by atoms with E-state index in [0.29, 0.717) is 43.1 Å². The maximum atomic E-state index is 13.3. The highest BCUT2D eigenvalue weighted by Crippen LogP contribution is 2.40. The summed E-state index contributed by atoms with van der Waals surface area (Å²) in [6, 6.07) is 9.46. The Labute approximate surface area is 209 Å². The number of rotatable bonds is 6. The van der Waals surface area contributed by atoms with Crippen molar-refractivity contribution < 1.29 is 24.5 Å². The van der Waals surface area contributed by atoms with E-state index in [0.717, 1.165) is 25.2 Å². The van der Waals surface area contributed by atoms with Crippen molar-refractivity contribution in [3.05, 3.63) is 70.7 Å². The zero-order chi connectivity index (χ0) is 25.4. The number of fused-ring (bicyclic) bond motifs is 1. The van der Waals surface area contributed by atoms with Crippen LogP contribution in [0, 0.1) is 13.8 Å². The van der Waals surface area contributed by atoms with E-state index in [-0.39, 0.29) is 22.8 Å². The van der Waals surface area contributed by atoms with Crippen LogP contribution >= 0.6 is 0 Å². The molecule has 188 valence electrons. The summed E-state index contributed by atoms with van der Waals surface area (Å²) in [5, 5.41) is 21.6. The van der Waals surface area contributed by atoms with Crippen molar-refractivity contribution in [1.82, 2.24) is 19.2 Å². The fourth-order valence-corrected chi connectivity index (χ4v) is 5.12. The van der Waals surface area contributed by atoms with Gasteiger partial charge in [-0.1, -0.05) is 18.2 Å². The number of aliphatic hydroxyl groups is 1. The average Bonchev–Trinajstić information content (AvgIpc) is 3.34. The topological polar surface area (TPSA) is 108 Å². The molecule has 1 aromatic carbocycles. The first-order valence-corrected chi connectivity index (χ1v) is 12.2. The van der Waals surface area contributed by atoms with Gasteiger partial charge in [-0.3, -0.25) is 14.5 Å². The Morgan fingerprint density at radius 1 is 1.11 bits per heavy atom. The fraction of sp³-hybridized carbons (Fsp3) is 0.370. The summed E-state index contributed by atoms with van der Waals surface area (Å²) in [6.07, 6.45) is 2.51. The Morgan fingerprint density at radius 2 is 1.89 bits per heavy atom. The SMILES string of the molecule is Cc1cccn2c(C)c(C(O)=C3C(=O)C(=O)N(CCCN4CCOCC4)C3c3cccc(O)c3)nc12. The van der Waals surface area contributed by atoms with Gasteiger partial charge in [-0.2, -0.15) is 0 Å². The van der Waals surface area contributed by atoms with E-state index >= 15 is 0 Å². The van der Waals surface area contributed by atoms with Crippen LogP contribution in [-0.2, 0) is 14.3 Å². The number of aliphatic hydroxyl groups excluding tert-OH is 1. The first kappa shape index (κ1) is 24.0. The zero-order valence-electron chi connectivity index (χ0n) is 20.5. The summed E-state index contributed by atoms with van der Waals surface area (Å²) in [4.78, 5) is 34.9. The van der Waals surface area contributed by atoms with E-state index in [9.17, 15) is 19.8 Å². The molecule has 1 unspecified atom stereocenters. The smallest absolute Gasteiger partial charge is 0.295 e. The van der Waals surface area contributed by atoms with Gasteiger partial charge in [-0.25, -0.2) is 4.98 Å². The summed E-state index contributed by atoms with van der Waals surface area (Å²) in [5.41, 5.74) is 3.07. The molecule has 2 aliphatic rings. The number of amides is 1. The number of likely N-dealkylation sites (tertiary alicyclic amines) is 1. The van der Waals surface area contributed by atoms with Crippen LogP contribution < -0.4 is 0 Å². The molecule has 3 aromatic rings. The molecule has 9 heteroatoms. The summed E-state index contributed by atoms with van der Waals surface area (Å²) >= 11 is 0. The molecule has 0 aliphatic carbocycles. The fourth-order valence-electron chi connectivity index (χ4n) is 5.12. The third kappa shape index (κ3) is 4.25. The van der Waals surface area contributed by atoms with Crippen molar-refractivity contribution in [2.45, 2.75) is 26.3 Å². The molecule has 1 amide bonds. The third-order valence-corrected chi connectivity index (χ3v) is 7.01. The maximum absolute atomic E-state index is 13.3. The highest BCUT2D eigenvalue weighted by molar-refractivity contribution is 6.46. The normalized spacial score (nSPS) is 20.5. The number of aromatic nitrogens is 2. The molecule has 2 aromatic heterocycles. The number of aromatic hydroxyl groups is 1. The number of hydrogen-bond acceptors (Lipinski definition) is 7. The highest BCUT2D eigenvalue weighted by Gasteiger charge is 2.46. The Bertz CT molecular complexity index is 1360. The van der Waals surface area contributed by atoms with Crippen LogP contribution in [0.1, 0.15) is 35.0 Å². The van der Waals surface area contributed by atoms with E-state index in [2.05, 4.69) is 9.88 Å². The number of phenolic OH excluding ortho intramolecular Hbond substituents is 1. The lowest BCUT2D eigenvalue weighted by atomic mass is 9.96. The van der Waals surface area contributed by atoms with E-state index in [1.54, 1.807) is 12.1 Å². The number of morpholine rings is 1. The van der Waals surface area contributed by atoms with Crippen LogP contribution in [-0.4, -0.2) is 80.5 Å². The predicted molar refractivity (Wildman–Crippen MR) is 134 cm³/mol. The van der Waals surface area contributed by atoms with Crippen molar-refractivity contribution in [1.29, 1.82) is 0 Å². The molecule has 0 radical (unpaired) electrons. The number of pyridine rings is 1. The van der Waals surface area contributed by atoms with Crippen LogP contribution in [0.15, 0.2) is 48.2 Å². The summed E-state index contributed by atoms with van der Waals surface area (Å²) < 4.78 is 7.26. The van der Waals surface area contributed by atoms with Crippen LogP contribution in [0.4, 0.5) is 0 Å². The summed E-state index contributed by atoms with van der Waals surface area (Å²) in [7, 11) is 0. The molecule has 2 aliphatic heterocycles. The quantitative estimate of drug-likeness (QED) is 0.311. The number of imidazole rings is 1. The molecule has 0 bridgehead atoms. The molecule has 0 spiro atoms. The van der Waals surface area contributed by atoms with Gasteiger partial charge in [0.25, 0.3) is 11.7 Å². The second-order valence-electron chi connectivity index (χ2n) is 9.33. The second kappa shape index (κ2) is 9.75. The lowest BCUT2D eigenvalue weighted by Gasteiger charge is -2.29. The number of phenols is 1. The zero-order valence-corrected chi connectivity index (χ0v) is 20.5. The first-order chi connectivity index (χ1) is 17.4. The Balaban J connectivity index is 1.55. The van der Waals surface area contributed by atoms with Gasteiger partial charge in [0, 0.05) is 32.4 Å². The molecule has 2 fully saturated rings. The van der Waals surface area contributed by atoms with Gasteiger partial charge in [0.1, 0.15) is 17.1 Å². The molecule has 2 N–H and O–H groups in total. The Kier molecular flexibility index (Phi) is 6.51. The van der Waals surface area contributed by atoms with Crippen molar-refractivity contribution >= 4 is 23.1 Å². The van der Waals surface area contributed by atoms with Gasteiger partial charge >= 0.3 is 0 Å². The van der Waals surface area contributed by atoms with E-state index in [1.807, 2.05) is 36.6 Å². The van der Waals surface area contributed by atoms with E-state index in [4.69, 9.17) is 4.74 Å². The molecule has 4 heterocycles. The molecule has 9 nitrogen and oxygen atoms in total. The molecule has 36 heavy (non-hydrogen) atoms. The second-order valence-corrected chi connectivity index (χ2v) is 9.33. The van der Waals surface area contributed by atoms with Crippen LogP contribution in [0.25, 0.3) is 11.4 Å². The maximum Gasteiger partial charge on any atom is 0.295 e. The number of nitrogens with zero attached hydrogens (tertiary/aromatic N) is 4. The predicted octanol–water partition coefficient (Wildman–Crippen LogP) is 2.80. The van der Waals surface area contributed by atoms with Crippen LogP contribution in [0.5, 0.6) is 5.75 Å². The van der Waals surface area contributed by atoms with E-state index in [1.165, 1.54) is 17.0 Å². The minimum Gasteiger partial charge on any atom is -0.508 e. The van der Waals surface area contributed by atoms with Crippen molar-refractivity contribution in [3.63, 3.8) is 0 Å². The monoisotopic (exact) mass is 490 g/mol. The van der Waals surface area contributed by atoms with E-state index < -0.39 is 17.7 Å². The number of carbonyl (C=O) groups excluding carboxylic acids is 2. The number of carbonyl (C=O) groups is 2. The number of ketones is 1. The summed E-state index contributed by atoms with van der Waals surface area (Å²) in [5.74, 6) is -1.70. The minimum atomic E-state index is -0.827. The molecule has 0 saturated carbocycles. The molecular weight excluding hydrogens is 460 g/mol. The van der Waals surface area contributed by atoms with Gasteiger partial charge in [-0.05, 0) is 49.6 Å². The largest absolute Gasteiger partial charge is 0.508 e. The third-order valence-electron chi connectivity index (χ3n) is 7.01. The van der Waals surface area contributed by atoms with Crippen LogP contribution in [0.2, 0.25) is 0 Å². The molecule has 1 atom stereocenters.